The van der Waals surface area contributed by atoms with Crippen LogP contribution in [0.5, 0.6) is 0 Å². The summed E-state index contributed by atoms with van der Waals surface area (Å²) in [7, 11) is 0. The van der Waals surface area contributed by atoms with Crippen LogP contribution in [0.1, 0.15) is 12.8 Å². The third-order valence-electron chi connectivity index (χ3n) is 1.35. The van der Waals surface area contributed by atoms with Crippen molar-refractivity contribution < 1.29 is 21.1 Å². The normalized spacial score (nSPS) is 27.4. The molecule has 1 fully saturated rings. The Labute approximate surface area is 64.5 Å². The fraction of sp³-hybridized carbons (Fsp3) is 1.00. The van der Waals surface area contributed by atoms with E-state index in [9.17, 15) is 0 Å². The second kappa shape index (κ2) is 4.48. The zero-order chi connectivity index (χ0) is 5.11. The van der Waals surface area contributed by atoms with Gasteiger partial charge >= 0.3 is 21.1 Å². The maximum Gasteiger partial charge on any atom is 4.00 e. The van der Waals surface area contributed by atoms with Gasteiger partial charge in [-0.05, 0) is 6.54 Å². The SMILES string of the molecule is NCC1CCC[N-]1.[Pt+4]. The first-order valence-corrected chi connectivity index (χ1v) is 2.80. The molecule has 0 radical (unpaired) electrons. The summed E-state index contributed by atoms with van der Waals surface area (Å²) in [5, 5.41) is 4.23. The van der Waals surface area contributed by atoms with Crippen LogP contribution >= 0.6 is 0 Å². The molecule has 1 atom stereocenters. The molecule has 0 aromatic heterocycles. The van der Waals surface area contributed by atoms with Crippen LogP contribution in [0.3, 0.4) is 0 Å². The van der Waals surface area contributed by atoms with Crippen molar-refractivity contribution in [3.63, 3.8) is 0 Å². The molecule has 48 valence electrons. The van der Waals surface area contributed by atoms with Gasteiger partial charge in [0.1, 0.15) is 0 Å². The van der Waals surface area contributed by atoms with Gasteiger partial charge in [-0.3, -0.25) is 0 Å². The summed E-state index contributed by atoms with van der Waals surface area (Å²) in [4.78, 5) is 0. The van der Waals surface area contributed by atoms with Crippen LogP contribution in [-0.4, -0.2) is 19.1 Å². The standard InChI is InChI=1S/C5H11N2.Pt/c6-4-5-2-1-3-7-5;/h5H,1-4,6H2;/q-1;+4. The second-order valence-corrected chi connectivity index (χ2v) is 1.94. The molecule has 1 aliphatic rings. The minimum atomic E-state index is 0. The van der Waals surface area contributed by atoms with Gasteiger partial charge in [0.15, 0.2) is 0 Å². The Morgan fingerprint density at radius 1 is 1.62 bits per heavy atom. The Balaban J connectivity index is 0.000000490. The Morgan fingerprint density at radius 3 is 2.62 bits per heavy atom. The molecule has 0 aromatic carbocycles. The molecule has 2 nitrogen and oxygen atoms in total. The number of hydrogen-bond acceptors (Lipinski definition) is 1. The summed E-state index contributed by atoms with van der Waals surface area (Å²) in [6.07, 6.45) is 2.47. The van der Waals surface area contributed by atoms with E-state index in [1.54, 1.807) is 0 Å². The zero-order valence-electron chi connectivity index (χ0n) is 4.75. The summed E-state index contributed by atoms with van der Waals surface area (Å²) in [5.74, 6) is 0. The third kappa shape index (κ3) is 2.25. The van der Waals surface area contributed by atoms with E-state index in [4.69, 9.17) is 5.73 Å². The maximum absolute atomic E-state index is 5.34. The van der Waals surface area contributed by atoms with E-state index in [1.807, 2.05) is 0 Å². The van der Waals surface area contributed by atoms with Crippen molar-refractivity contribution in [3.8, 4) is 0 Å². The van der Waals surface area contributed by atoms with E-state index in [-0.39, 0.29) is 21.1 Å². The van der Waals surface area contributed by atoms with Crippen molar-refractivity contribution in [2.24, 2.45) is 5.73 Å². The Kier molecular flexibility index (Phi) is 4.82. The second-order valence-electron chi connectivity index (χ2n) is 1.94. The van der Waals surface area contributed by atoms with Gasteiger partial charge in [0, 0.05) is 0 Å². The van der Waals surface area contributed by atoms with Crippen molar-refractivity contribution in [1.82, 2.24) is 0 Å². The molecule has 0 aliphatic carbocycles. The first-order valence-electron chi connectivity index (χ1n) is 2.80. The number of nitrogens with two attached hydrogens (primary N) is 1. The molecule has 2 N–H and O–H groups in total. The Bertz CT molecular complexity index is 52.4. The van der Waals surface area contributed by atoms with Crippen LogP contribution in [0.4, 0.5) is 0 Å². The fourth-order valence-electron chi connectivity index (χ4n) is 0.884. The third-order valence-corrected chi connectivity index (χ3v) is 1.35. The molecule has 1 aliphatic heterocycles. The van der Waals surface area contributed by atoms with E-state index >= 15 is 0 Å². The maximum atomic E-state index is 5.34. The van der Waals surface area contributed by atoms with Gasteiger partial charge in [0.2, 0.25) is 0 Å². The minimum Gasteiger partial charge on any atom is -0.658 e. The van der Waals surface area contributed by atoms with Gasteiger partial charge in [-0.15, -0.1) is 12.6 Å². The number of nitrogens with zero attached hydrogens (tertiary/aromatic N) is 1. The van der Waals surface area contributed by atoms with Crippen LogP contribution < -0.4 is 5.73 Å². The van der Waals surface area contributed by atoms with Crippen LogP contribution in [-0.2, 0) is 21.1 Å². The van der Waals surface area contributed by atoms with Crippen LogP contribution in [0.15, 0.2) is 0 Å². The molecule has 0 saturated carbocycles. The topological polar surface area (TPSA) is 40.1 Å². The van der Waals surface area contributed by atoms with E-state index in [0.717, 1.165) is 13.1 Å². The fourth-order valence-corrected chi connectivity index (χ4v) is 0.884. The number of rotatable bonds is 1. The molecule has 8 heavy (non-hydrogen) atoms. The Hall–Kier alpha value is 0.608. The molecule has 0 amide bonds. The Morgan fingerprint density at radius 2 is 2.38 bits per heavy atom. The van der Waals surface area contributed by atoms with Crippen molar-refractivity contribution in [1.29, 1.82) is 0 Å². The van der Waals surface area contributed by atoms with Crippen LogP contribution in [0.2, 0.25) is 0 Å². The molecule has 3 heteroatoms. The number of hydrogen-bond donors (Lipinski definition) is 1. The van der Waals surface area contributed by atoms with E-state index in [1.165, 1.54) is 12.8 Å². The molecule has 1 rings (SSSR count). The van der Waals surface area contributed by atoms with Crippen LogP contribution in [0.25, 0.3) is 5.32 Å². The molecule has 0 aromatic rings. The predicted molar refractivity (Wildman–Crippen MR) is 30.3 cm³/mol. The van der Waals surface area contributed by atoms with Gasteiger partial charge in [-0.25, -0.2) is 0 Å². The van der Waals surface area contributed by atoms with Gasteiger partial charge in [-0.2, -0.15) is 0 Å². The first-order chi connectivity index (χ1) is 3.43. The van der Waals surface area contributed by atoms with E-state index in [0.29, 0.717) is 6.04 Å². The summed E-state index contributed by atoms with van der Waals surface area (Å²) in [6.45, 7) is 1.79. The van der Waals surface area contributed by atoms with Crippen molar-refractivity contribution in [3.05, 3.63) is 5.32 Å². The van der Waals surface area contributed by atoms with E-state index in [2.05, 4.69) is 5.32 Å². The van der Waals surface area contributed by atoms with Crippen molar-refractivity contribution in [2.75, 3.05) is 13.1 Å². The first kappa shape index (κ1) is 8.61. The smallest absolute Gasteiger partial charge is 0.658 e. The molecular formula is C5H11N2Pt+3. The average molecular weight is 294 g/mol. The van der Waals surface area contributed by atoms with Crippen molar-refractivity contribution >= 4 is 0 Å². The quantitative estimate of drug-likeness (QED) is 0.751. The van der Waals surface area contributed by atoms with Gasteiger partial charge in [0.25, 0.3) is 0 Å². The van der Waals surface area contributed by atoms with Crippen LogP contribution in [0, 0.1) is 0 Å². The summed E-state index contributed by atoms with van der Waals surface area (Å²) >= 11 is 0. The zero-order valence-corrected chi connectivity index (χ0v) is 7.02. The molecule has 1 unspecified atom stereocenters. The van der Waals surface area contributed by atoms with Gasteiger partial charge < -0.3 is 11.1 Å². The summed E-state index contributed by atoms with van der Waals surface area (Å²) < 4.78 is 0. The average Bonchev–Trinajstić information content (AvgIpc) is 2.14. The van der Waals surface area contributed by atoms with Crippen molar-refractivity contribution in [2.45, 2.75) is 18.9 Å². The molecule has 0 spiro atoms. The largest absolute Gasteiger partial charge is 4.00 e. The summed E-state index contributed by atoms with van der Waals surface area (Å²) in [5.41, 5.74) is 5.34. The minimum absolute atomic E-state index is 0. The van der Waals surface area contributed by atoms with Gasteiger partial charge in [0.05, 0.1) is 0 Å². The van der Waals surface area contributed by atoms with Gasteiger partial charge in [-0.1, -0.05) is 12.8 Å². The molecule has 0 bridgehead atoms. The summed E-state index contributed by atoms with van der Waals surface area (Å²) in [6, 6.07) is 0.500. The predicted octanol–water partition coefficient (Wildman–Crippen LogP) is 0.479. The monoisotopic (exact) mass is 294 g/mol. The molecular weight excluding hydrogens is 283 g/mol. The van der Waals surface area contributed by atoms with E-state index < -0.39 is 0 Å². The molecule has 1 heterocycles. The molecule has 1 saturated heterocycles.